The molecular formula is C9H11N3. The van der Waals surface area contributed by atoms with Crippen molar-refractivity contribution in [3.63, 3.8) is 0 Å². The third-order valence-corrected chi connectivity index (χ3v) is 2.22. The maximum absolute atomic E-state index is 7.48. The van der Waals surface area contributed by atoms with Crippen molar-refractivity contribution in [2.75, 3.05) is 0 Å². The lowest BCUT2D eigenvalue weighted by Crippen LogP contribution is -2.03. The van der Waals surface area contributed by atoms with Crippen LogP contribution in [-0.2, 0) is 6.42 Å². The third-order valence-electron chi connectivity index (χ3n) is 2.22. The van der Waals surface area contributed by atoms with E-state index >= 15 is 0 Å². The van der Waals surface area contributed by atoms with Gasteiger partial charge in [0.05, 0.1) is 11.9 Å². The Hall–Kier alpha value is -1.38. The summed E-state index contributed by atoms with van der Waals surface area (Å²) in [6, 6.07) is 0. The van der Waals surface area contributed by atoms with Crippen LogP contribution in [0.3, 0.4) is 0 Å². The predicted octanol–water partition coefficient (Wildman–Crippen LogP) is 1.78. The van der Waals surface area contributed by atoms with Gasteiger partial charge in [0.2, 0.25) is 0 Å². The molecule has 0 unspecified atom stereocenters. The molecule has 0 saturated heterocycles. The van der Waals surface area contributed by atoms with Crippen LogP contribution in [0.4, 0.5) is 0 Å². The van der Waals surface area contributed by atoms with E-state index in [0.29, 0.717) is 5.71 Å². The van der Waals surface area contributed by atoms with Gasteiger partial charge < -0.3 is 5.41 Å². The van der Waals surface area contributed by atoms with Gasteiger partial charge >= 0.3 is 0 Å². The number of fused-ring (bicyclic) bond motifs is 1. The molecule has 1 aromatic rings. The van der Waals surface area contributed by atoms with Crippen LogP contribution in [0.15, 0.2) is 11.8 Å². The lowest BCUT2D eigenvalue weighted by atomic mass is 9.95. The normalized spacial score (nSPS) is 15.2. The number of hydrogen-bond acceptors (Lipinski definition) is 2. The highest BCUT2D eigenvalue weighted by molar-refractivity contribution is 6.00. The molecule has 1 heterocycles. The van der Waals surface area contributed by atoms with Crippen molar-refractivity contribution in [1.82, 2.24) is 10.2 Å². The van der Waals surface area contributed by atoms with Gasteiger partial charge in [-0.25, -0.2) is 0 Å². The molecule has 3 nitrogen and oxygen atoms in total. The van der Waals surface area contributed by atoms with Gasteiger partial charge in [0.25, 0.3) is 0 Å². The Labute approximate surface area is 71.0 Å². The van der Waals surface area contributed by atoms with E-state index in [1.165, 1.54) is 5.56 Å². The van der Waals surface area contributed by atoms with Gasteiger partial charge in [0, 0.05) is 5.71 Å². The average Bonchev–Trinajstić information content (AvgIpc) is 2.49. The van der Waals surface area contributed by atoms with Crippen molar-refractivity contribution < 1.29 is 0 Å². The van der Waals surface area contributed by atoms with Gasteiger partial charge in [-0.3, -0.25) is 5.10 Å². The summed E-state index contributed by atoms with van der Waals surface area (Å²) in [5.41, 5.74) is 4.12. The fourth-order valence-corrected chi connectivity index (χ4v) is 1.46. The van der Waals surface area contributed by atoms with Gasteiger partial charge in [-0.1, -0.05) is 0 Å². The van der Waals surface area contributed by atoms with Gasteiger partial charge in [-0.15, -0.1) is 0 Å². The van der Waals surface area contributed by atoms with E-state index in [9.17, 15) is 0 Å². The number of aromatic amines is 1. The molecule has 2 N–H and O–H groups in total. The van der Waals surface area contributed by atoms with Crippen LogP contribution in [0.25, 0.3) is 6.08 Å². The first-order valence-corrected chi connectivity index (χ1v) is 4.05. The van der Waals surface area contributed by atoms with Crippen molar-refractivity contribution in [1.29, 1.82) is 5.41 Å². The van der Waals surface area contributed by atoms with Crippen molar-refractivity contribution in [3.8, 4) is 0 Å². The van der Waals surface area contributed by atoms with Gasteiger partial charge in [0.15, 0.2) is 0 Å². The SMILES string of the molecule is CC(=N)C1=Cc2[nH]ncc2CC1. The fraction of sp³-hybridized carbons (Fsp3) is 0.333. The van der Waals surface area contributed by atoms with E-state index in [-0.39, 0.29) is 0 Å². The highest BCUT2D eigenvalue weighted by Crippen LogP contribution is 2.21. The van der Waals surface area contributed by atoms with Crippen molar-refractivity contribution in [2.45, 2.75) is 19.8 Å². The fourth-order valence-electron chi connectivity index (χ4n) is 1.46. The second-order valence-corrected chi connectivity index (χ2v) is 3.10. The summed E-state index contributed by atoms with van der Waals surface area (Å²) in [6.45, 7) is 1.83. The largest absolute Gasteiger partial charge is 0.305 e. The lowest BCUT2D eigenvalue weighted by molar-refractivity contribution is 0.956. The number of H-pyrrole nitrogens is 1. The Morgan fingerprint density at radius 2 is 2.42 bits per heavy atom. The van der Waals surface area contributed by atoms with E-state index < -0.39 is 0 Å². The molecular weight excluding hydrogens is 150 g/mol. The first-order chi connectivity index (χ1) is 5.77. The number of aromatic nitrogens is 2. The molecule has 12 heavy (non-hydrogen) atoms. The number of hydrogen-bond donors (Lipinski definition) is 2. The Morgan fingerprint density at radius 1 is 1.58 bits per heavy atom. The first kappa shape index (κ1) is 7.28. The molecule has 0 radical (unpaired) electrons. The highest BCUT2D eigenvalue weighted by atomic mass is 15.1. The molecule has 0 bridgehead atoms. The molecule has 0 spiro atoms. The molecule has 0 aliphatic heterocycles. The second-order valence-electron chi connectivity index (χ2n) is 3.10. The molecule has 2 rings (SSSR count). The number of aryl methyl sites for hydroxylation is 1. The zero-order chi connectivity index (χ0) is 8.55. The summed E-state index contributed by atoms with van der Waals surface area (Å²) in [5, 5.41) is 14.4. The molecule has 0 atom stereocenters. The summed E-state index contributed by atoms with van der Waals surface area (Å²) in [6.07, 6.45) is 5.87. The molecule has 0 aromatic carbocycles. The summed E-state index contributed by atoms with van der Waals surface area (Å²) >= 11 is 0. The van der Waals surface area contributed by atoms with Gasteiger partial charge in [-0.2, -0.15) is 5.10 Å². The Bertz CT molecular complexity index is 346. The van der Waals surface area contributed by atoms with E-state index in [1.807, 2.05) is 19.2 Å². The maximum atomic E-state index is 7.48. The summed E-state index contributed by atoms with van der Waals surface area (Å²) in [5.74, 6) is 0. The first-order valence-electron chi connectivity index (χ1n) is 4.05. The van der Waals surface area contributed by atoms with E-state index in [4.69, 9.17) is 5.41 Å². The summed E-state index contributed by atoms with van der Waals surface area (Å²) < 4.78 is 0. The van der Waals surface area contributed by atoms with Crippen LogP contribution in [-0.4, -0.2) is 15.9 Å². The summed E-state index contributed by atoms with van der Waals surface area (Å²) in [4.78, 5) is 0. The minimum atomic E-state index is 0.662. The molecule has 62 valence electrons. The minimum absolute atomic E-state index is 0.662. The standard InChI is InChI=1S/C9H11N3/c1-6(10)7-2-3-8-5-11-12-9(8)4-7/h4-5,10H,2-3H2,1H3,(H,11,12). The van der Waals surface area contributed by atoms with Crippen LogP contribution in [0, 0.1) is 5.41 Å². The topological polar surface area (TPSA) is 52.5 Å². The zero-order valence-corrected chi connectivity index (χ0v) is 7.02. The number of allylic oxidation sites excluding steroid dienone is 1. The lowest BCUT2D eigenvalue weighted by Gasteiger charge is -2.10. The quantitative estimate of drug-likeness (QED) is 0.606. The number of rotatable bonds is 1. The smallest absolute Gasteiger partial charge is 0.0613 e. The number of nitrogens with zero attached hydrogens (tertiary/aromatic N) is 1. The van der Waals surface area contributed by atoms with Crippen LogP contribution in [0.1, 0.15) is 24.6 Å². The molecule has 0 amide bonds. The highest BCUT2D eigenvalue weighted by Gasteiger charge is 2.12. The Balaban J connectivity index is 2.41. The van der Waals surface area contributed by atoms with Crippen molar-refractivity contribution >= 4 is 11.8 Å². The van der Waals surface area contributed by atoms with Crippen molar-refractivity contribution in [2.24, 2.45) is 0 Å². The zero-order valence-electron chi connectivity index (χ0n) is 7.02. The monoisotopic (exact) mass is 161 g/mol. The molecule has 1 aliphatic carbocycles. The van der Waals surface area contributed by atoms with E-state index in [0.717, 1.165) is 24.1 Å². The Kier molecular flexibility index (Phi) is 1.57. The average molecular weight is 161 g/mol. The molecule has 1 aliphatic rings. The van der Waals surface area contributed by atoms with Crippen LogP contribution >= 0.6 is 0 Å². The van der Waals surface area contributed by atoms with E-state index in [2.05, 4.69) is 10.2 Å². The van der Waals surface area contributed by atoms with Crippen LogP contribution < -0.4 is 0 Å². The van der Waals surface area contributed by atoms with Gasteiger partial charge in [-0.05, 0) is 37.0 Å². The maximum Gasteiger partial charge on any atom is 0.0613 e. The van der Waals surface area contributed by atoms with Crippen molar-refractivity contribution in [3.05, 3.63) is 23.0 Å². The number of nitrogens with one attached hydrogen (secondary N) is 2. The second kappa shape index (κ2) is 2.59. The molecule has 0 saturated carbocycles. The molecule has 1 aromatic heterocycles. The minimum Gasteiger partial charge on any atom is -0.305 e. The van der Waals surface area contributed by atoms with Crippen LogP contribution in [0.2, 0.25) is 0 Å². The predicted molar refractivity (Wildman–Crippen MR) is 48.3 cm³/mol. The molecule has 0 fully saturated rings. The van der Waals surface area contributed by atoms with Crippen LogP contribution in [0.5, 0.6) is 0 Å². The van der Waals surface area contributed by atoms with Gasteiger partial charge in [0.1, 0.15) is 0 Å². The summed E-state index contributed by atoms with van der Waals surface area (Å²) in [7, 11) is 0. The molecule has 3 heteroatoms. The third kappa shape index (κ3) is 1.07. The van der Waals surface area contributed by atoms with E-state index in [1.54, 1.807) is 0 Å². The Morgan fingerprint density at radius 3 is 3.17 bits per heavy atom.